The van der Waals surface area contributed by atoms with Crippen molar-refractivity contribution in [3.05, 3.63) is 23.0 Å². The number of amides is 1. The van der Waals surface area contributed by atoms with Crippen LogP contribution in [0.15, 0.2) is 6.07 Å². The van der Waals surface area contributed by atoms with Gasteiger partial charge in [-0.3, -0.25) is 4.79 Å². The van der Waals surface area contributed by atoms with E-state index in [1.165, 1.54) is 0 Å². The molecule has 1 aliphatic heterocycles. The van der Waals surface area contributed by atoms with Crippen molar-refractivity contribution in [3.8, 4) is 0 Å². The van der Waals surface area contributed by atoms with Gasteiger partial charge >= 0.3 is 0 Å². The minimum atomic E-state index is -0.0821. The van der Waals surface area contributed by atoms with E-state index in [0.29, 0.717) is 6.42 Å². The summed E-state index contributed by atoms with van der Waals surface area (Å²) in [6.45, 7) is 6.78. The number of aromatic amines is 1. The number of likely N-dealkylation sites (N-methyl/N-ethyl adjacent to an activating group) is 1. The molecule has 1 amide bonds. The van der Waals surface area contributed by atoms with Crippen molar-refractivity contribution < 1.29 is 4.79 Å². The van der Waals surface area contributed by atoms with Crippen LogP contribution in [0.5, 0.6) is 0 Å². The molecule has 0 radical (unpaired) electrons. The fourth-order valence-electron chi connectivity index (χ4n) is 2.64. The average molecular weight is 221 g/mol. The Hall–Kier alpha value is -1.29. The minimum Gasteiger partial charge on any atom is -0.362 e. The minimum absolute atomic E-state index is 0.0439. The highest BCUT2D eigenvalue weighted by Gasteiger charge is 2.38. The lowest BCUT2D eigenvalue weighted by molar-refractivity contribution is -0.128. The fourth-order valence-corrected chi connectivity index (χ4v) is 2.64. The van der Waals surface area contributed by atoms with E-state index in [0.717, 1.165) is 23.5 Å². The molecule has 0 bridgehead atoms. The maximum Gasteiger partial charge on any atom is 0.224 e. The van der Waals surface area contributed by atoms with Gasteiger partial charge in [-0.1, -0.05) is 0 Å². The zero-order valence-electron chi connectivity index (χ0n) is 10.1. The first-order valence-corrected chi connectivity index (χ1v) is 5.75. The number of rotatable bonds is 2. The second kappa shape index (κ2) is 3.94. The first kappa shape index (κ1) is 11.2. The van der Waals surface area contributed by atoms with Crippen molar-refractivity contribution in [1.82, 2.24) is 9.88 Å². The molecule has 1 saturated heterocycles. The van der Waals surface area contributed by atoms with Crippen LogP contribution in [0.3, 0.4) is 0 Å². The molecule has 0 spiro atoms. The molecule has 2 unspecified atom stereocenters. The molecule has 4 heteroatoms. The summed E-state index contributed by atoms with van der Waals surface area (Å²) in [4.78, 5) is 16.9. The molecule has 0 saturated carbocycles. The molecule has 3 N–H and O–H groups in total. The Morgan fingerprint density at radius 2 is 2.25 bits per heavy atom. The summed E-state index contributed by atoms with van der Waals surface area (Å²) in [7, 11) is 0. The lowest BCUT2D eigenvalue weighted by Crippen LogP contribution is -2.33. The zero-order valence-corrected chi connectivity index (χ0v) is 10.1. The largest absolute Gasteiger partial charge is 0.362 e. The molecule has 1 fully saturated rings. The number of carbonyl (C=O) groups excluding carboxylic acids is 1. The molecule has 1 aromatic rings. The van der Waals surface area contributed by atoms with Crippen molar-refractivity contribution in [2.45, 2.75) is 39.3 Å². The maximum absolute atomic E-state index is 11.8. The second-order valence-corrected chi connectivity index (χ2v) is 4.53. The Balaban J connectivity index is 2.38. The normalized spacial score (nSPS) is 25.5. The average Bonchev–Trinajstić information content (AvgIpc) is 2.66. The summed E-state index contributed by atoms with van der Waals surface area (Å²) in [5.74, 6) is 0.165. The molecule has 2 heterocycles. The molecule has 0 aliphatic carbocycles. The summed E-state index contributed by atoms with van der Waals surface area (Å²) in [5, 5.41) is 0. The number of nitrogens with one attached hydrogen (secondary N) is 1. The third kappa shape index (κ3) is 1.63. The van der Waals surface area contributed by atoms with Gasteiger partial charge in [0.15, 0.2) is 0 Å². The standard InChI is InChI=1S/C12H19N3O/c1-4-15-11(16)6-10(13)12(15)9-5-7(2)14-8(9)3/h5,10,12,14H,4,6,13H2,1-3H3. The molecular weight excluding hydrogens is 202 g/mol. The molecule has 4 nitrogen and oxygen atoms in total. The molecule has 2 rings (SSSR count). The Morgan fingerprint density at radius 3 is 2.75 bits per heavy atom. The van der Waals surface area contributed by atoms with Crippen LogP contribution < -0.4 is 5.73 Å². The summed E-state index contributed by atoms with van der Waals surface area (Å²) in [6.07, 6.45) is 0.460. The number of nitrogens with zero attached hydrogens (tertiary/aromatic N) is 1. The number of H-pyrrole nitrogens is 1. The van der Waals surface area contributed by atoms with Gasteiger partial charge in [0.1, 0.15) is 0 Å². The lowest BCUT2D eigenvalue weighted by atomic mass is 10.0. The van der Waals surface area contributed by atoms with Crippen LogP contribution in [0.2, 0.25) is 0 Å². The fraction of sp³-hybridized carbons (Fsp3) is 0.583. The molecular formula is C12H19N3O. The smallest absolute Gasteiger partial charge is 0.224 e. The third-order valence-corrected chi connectivity index (χ3v) is 3.32. The van der Waals surface area contributed by atoms with Gasteiger partial charge in [0.2, 0.25) is 5.91 Å². The molecule has 1 aliphatic rings. The number of hydrogen-bond acceptors (Lipinski definition) is 2. The highest BCUT2D eigenvalue weighted by molar-refractivity contribution is 5.80. The number of aryl methyl sites for hydroxylation is 2. The maximum atomic E-state index is 11.8. The van der Waals surface area contributed by atoms with Gasteiger partial charge in [-0.25, -0.2) is 0 Å². The number of hydrogen-bond donors (Lipinski definition) is 2. The van der Waals surface area contributed by atoms with Gasteiger partial charge in [0.25, 0.3) is 0 Å². The van der Waals surface area contributed by atoms with E-state index in [4.69, 9.17) is 5.73 Å². The predicted octanol–water partition coefficient (Wildman–Crippen LogP) is 1.25. The van der Waals surface area contributed by atoms with Crippen LogP contribution in [-0.2, 0) is 4.79 Å². The van der Waals surface area contributed by atoms with Crippen LogP contribution in [0.1, 0.15) is 36.3 Å². The molecule has 16 heavy (non-hydrogen) atoms. The third-order valence-electron chi connectivity index (χ3n) is 3.32. The van der Waals surface area contributed by atoms with Gasteiger partial charge in [-0.15, -0.1) is 0 Å². The van der Waals surface area contributed by atoms with Gasteiger partial charge in [0.05, 0.1) is 6.04 Å². The van der Waals surface area contributed by atoms with Gasteiger partial charge in [-0.2, -0.15) is 0 Å². The zero-order chi connectivity index (χ0) is 11.9. The predicted molar refractivity (Wildman–Crippen MR) is 63.0 cm³/mol. The van der Waals surface area contributed by atoms with Crippen molar-refractivity contribution in [2.75, 3.05) is 6.54 Å². The Kier molecular flexibility index (Phi) is 2.76. The van der Waals surface area contributed by atoms with Gasteiger partial charge in [-0.05, 0) is 32.4 Å². The first-order valence-electron chi connectivity index (χ1n) is 5.75. The quantitative estimate of drug-likeness (QED) is 0.789. The molecule has 0 aromatic carbocycles. The van der Waals surface area contributed by atoms with Crippen LogP contribution in [0, 0.1) is 13.8 Å². The SMILES string of the molecule is CCN1C(=O)CC(N)C1c1cc(C)[nH]c1C. The number of nitrogens with two attached hydrogens (primary N) is 1. The molecule has 2 atom stereocenters. The van der Waals surface area contributed by atoms with Gasteiger partial charge in [0, 0.05) is 30.4 Å². The van der Waals surface area contributed by atoms with E-state index in [2.05, 4.69) is 11.1 Å². The monoisotopic (exact) mass is 221 g/mol. The molecule has 88 valence electrons. The first-order chi connectivity index (χ1) is 7.54. The highest BCUT2D eigenvalue weighted by Crippen LogP contribution is 2.33. The van der Waals surface area contributed by atoms with Crippen LogP contribution in [0.25, 0.3) is 0 Å². The van der Waals surface area contributed by atoms with Crippen molar-refractivity contribution >= 4 is 5.91 Å². The molecule has 1 aromatic heterocycles. The Morgan fingerprint density at radius 1 is 1.56 bits per heavy atom. The number of aromatic nitrogens is 1. The number of carbonyl (C=O) groups is 1. The van der Waals surface area contributed by atoms with E-state index in [1.807, 2.05) is 25.7 Å². The summed E-state index contributed by atoms with van der Waals surface area (Å²) in [5.41, 5.74) is 9.47. The van der Waals surface area contributed by atoms with Crippen LogP contribution >= 0.6 is 0 Å². The van der Waals surface area contributed by atoms with Gasteiger partial charge < -0.3 is 15.6 Å². The Labute approximate surface area is 95.8 Å². The summed E-state index contributed by atoms with van der Waals surface area (Å²) in [6, 6.07) is 2.06. The Bertz CT molecular complexity index is 410. The highest BCUT2D eigenvalue weighted by atomic mass is 16.2. The second-order valence-electron chi connectivity index (χ2n) is 4.53. The van der Waals surface area contributed by atoms with Crippen molar-refractivity contribution in [2.24, 2.45) is 5.73 Å². The summed E-state index contributed by atoms with van der Waals surface area (Å²) < 4.78 is 0. The van der Waals surface area contributed by atoms with E-state index < -0.39 is 0 Å². The lowest BCUT2D eigenvalue weighted by Gasteiger charge is -2.25. The van der Waals surface area contributed by atoms with Crippen molar-refractivity contribution in [3.63, 3.8) is 0 Å². The van der Waals surface area contributed by atoms with Crippen LogP contribution in [-0.4, -0.2) is 28.4 Å². The van der Waals surface area contributed by atoms with E-state index in [9.17, 15) is 4.79 Å². The van der Waals surface area contributed by atoms with E-state index >= 15 is 0 Å². The summed E-state index contributed by atoms with van der Waals surface area (Å²) >= 11 is 0. The topological polar surface area (TPSA) is 62.1 Å². The van der Waals surface area contributed by atoms with Crippen molar-refractivity contribution in [1.29, 1.82) is 0 Å². The number of likely N-dealkylation sites (tertiary alicyclic amines) is 1. The van der Waals surface area contributed by atoms with Crippen LogP contribution in [0.4, 0.5) is 0 Å². The van der Waals surface area contributed by atoms with E-state index in [1.54, 1.807) is 0 Å². The van der Waals surface area contributed by atoms with E-state index in [-0.39, 0.29) is 18.0 Å².